The molecule has 0 radical (unpaired) electrons. The summed E-state index contributed by atoms with van der Waals surface area (Å²) in [7, 11) is 0. The molecule has 58 heavy (non-hydrogen) atoms. The van der Waals surface area contributed by atoms with Crippen LogP contribution in [0.25, 0.3) is 11.1 Å². The second-order valence-corrected chi connectivity index (χ2v) is 14.8. The third-order valence-electron chi connectivity index (χ3n) is 11.4. The third kappa shape index (κ3) is 6.15. The minimum Gasteiger partial charge on any atom is -0.456 e. The van der Waals surface area contributed by atoms with Crippen molar-refractivity contribution < 1.29 is 13.0 Å². The Labute approximate surface area is 351 Å². The van der Waals surface area contributed by atoms with Crippen molar-refractivity contribution in [2.75, 3.05) is 14.2 Å². The van der Waals surface area contributed by atoms with Gasteiger partial charge in [0.15, 0.2) is 0 Å². The maximum absolute atomic E-state index is 8.90. The number of anilines is 3. The lowest BCUT2D eigenvalue weighted by Gasteiger charge is -2.57. The lowest BCUT2D eigenvalue weighted by Crippen LogP contribution is -2.86. The first-order valence-electron chi connectivity index (χ1n) is 22.7. The van der Waals surface area contributed by atoms with Crippen LogP contribution in [0.2, 0.25) is 0 Å². The van der Waals surface area contributed by atoms with Gasteiger partial charge in [-0.15, -0.1) is 0 Å². The van der Waals surface area contributed by atoms with Gasteiger partial charge in [-0.2, -0.15) is 0 Å². The predicted octanol–water partition coefficient (Wildman–Crippen LogP) is 9.80. The van der Waals surface area contributed by atoms with Crippen LogP contribution >= 0.6 is 0 Å². The first-order valence-corrected chi connectivity index (χ1v) is 19.7. The highest BCUT2D eigenvalue weighted by Crippen LogP contribution is 2.51. The standard InChI is InChI=1S/C51H42B3N3O/c1-51(2)47-35-18-19-37-49(47)58-50-46(34-21-36-48(50)51)39-22-20-27-42(38-39)54-56(44-30-14-6-15-31-44)52(40-23-8-3-9-24-40)55(43-28-12-5-13-29-43)53(41-25-10-4-11-26-41)57(54)45-32-16-7-17-33-45/h3-38H,1-2H3/i1D3,2D3. The van der Waals surface area contributed by atoms with Crippen LogP contribution in [0.3, 0.4) is 0 Å². The van der Waals surface area contributed by atoms with E-state index in [1.165, 1.54) is 0 Å². The average molecular weight is 751 g/mol. The van der Waals surface area contributed by atoms with Crippen molar-refractivity contribution in [2.24, 2.45) is 0 Å². The van der Waals surface area contributed by atoms with Crippen molar-refractivity contribution in [1.29, 1.82) is 0 Å². The molecule has 0 atom stereocenters. The van der Waals surface area contributed by atoms with Crippen LogP contribution in [0.15, 0.2) is 218 Å². The van der Waals surface area contributed by atoms with E-state index in [-0.39, 0.29) is 36.6 Å². The Morgan fingerprint density at radius 1 is 0.414 bits per heavy atom. The maximum Gasteiger partial charge on any atom is 0.388 e. The Bertz CT molecular complexity index is 2790. The zero-order chi connectivity index (χ0) is 44.1. The Balaban J connectivity index is 1.26. The van der Waals surface area contributed by atoms with Crippen LogP contribution in [-0.4, -0.2) is 20.9 Å². The van der Waals surface area contributed by atoms with Gasteiger partial charge in [-0.1, -0.05) is 190 Å². The highest BCUT2D eigenvalue weighted by molar-refractivity contribution is 7.14. The molecule has 0 N–H and O–H groups in total. The smallest absolute Gasteiger partial charge is 0.388 e. The number of ether oxygens (including phenoxy) is 1. The van der Waals surface area contributed by atoms with Crippen LogP contribution in [0.5, 0.6) is 11.5 Å². The molecule has 0 bridgehead atoms. The van der Waals surface area contributed by atoms with Crippen molar-refractivity contribution in [1.82, 2.24) is 0 Å². The molecule has 1 saturated heterocycles. The minimum absolute atomic E-state index is 0.107. The third-order valence-corrected chi connectivity index (χ3v) is 11.4. The maximum atomic E-state index is 8.90. The molecule has 10 rings (SSSR count). The molecule has 2 heterocycles. The van der Waals surface area contributed by atoms with Crippen LogP contribution in [0.4, 0.5) is 17.1 Å². The molecule has 276 valence electrons. The van der Waals surface area contributed by atoms with Crippen LogP contribution < -0.4 is 35.3 Å². The van der Waals surface area contributed by atoms with Gasteiger partial charge >= 0.3 is 20.9 Å². The largest absolute Gasteiger partial charge is 0.456 e. The summed E-state index contributed by atoms with van der Waals surface area (Å²) in [6.45, 7) is -7.04. The fourth-order valence-corrected chi connectivity index (χ4v) is 8.82. The molecule has 0 saturated carbocycles. The molecule has 0 aromatic heterocycles. The number of para-hydroxylation sites is 5. The number of fused-ring (bicyclic) bond motifs is 2. The highest BCUT2D eigenvalue weighted by atomic mass is 16.5. The minimum atomic E-state index is -2.95. The van der Waals surface area contributed by atoms with Gasteiger partial charge in [-0.05, 0) is 64.4 Å². The second kappa shape index (κ2) is 14.9. The first kappa shape index (κ1) is 29.4. The van der Waals surface area contributed by atoms with E-state index in [0.29, 0.717) is 5.56 Å². The van der Waals surface area contributed by atoms with Gasteiger partial charge in [0.25, 0.3) is 0 Å². The number of rotatable bonds is 7. The molecule has 8 aromatic rings. The Kier molecular flexibility index (Phi) is 7.56. The number of benzene rings is 8. The molecule has 2 aliphatic heterocycles. The second-order valence-electron chi connectivity index (χ2n) is 14.8. The molecule has 0 spiro atoms. The van der Waals surface area contributed by atoms with Gasteiger partial charge in [0, 0.05) is 47.4 Å². The van der Waals surface area contributed by atoms with E-state index in [1.807, 2.05) is 48.5 Å². The number of nitrogens with zero attached hydrogens (tertiary/aromatic N) is 3. The number of hydrogen-bond donors (Lipinski definition) is 0. The monoisotopic (exact) mass is 751 g/mol. The summed E-state index contributed by atoms with van der Waals surface area (Å²) >= 11 is 0. The molecule has 7 heteroatoms. The quantitative estimate of drug-likeness (QED) is 0.151. The molecule has 0 amide bonds. The molecule has 1 fully saturated rings. The van der Waals surface area contributed by atoms with E-state index in [1.54, 1.807) is 36.4 Å². The Morgan fingerprint density at radius 3 is 1.34 bits per heavy atom. The van der Waals surface area contributed by atoms with E-state index >= 15 is 0 Å². The summed E-state index contributed by atoms with van der Waals surface area (Å²) in [4.78, 5) is 0. The SMILES string of the molecule is [2H]C([2H])([2H])C1(C([2H])([2H])[2H])c2ccccc2Oc2c(-c3cccc(B4N(c5ccccc5)B(c5ccccc5)N(c5ccccc5)B(c5ccccc5)N4c4ccccc4)c3)cccc21. The summed E-state index contributed by atoms with van der Waals surface area (Å²) in [5.74, 6) is 0.426. The van der Waals surface area contributed by atoms with Crippen LogP contribution in [0.1, 0.15) is 33.1 Å². The van der Waals surface area contributed by atoms with Gasteiger partial charge in [0.05, 0.1) is 0 Å². The van der Waals surface area contributed by atoms with Gasteiger partial charge in [-0.3, -0.25) is 0 Å². The molecule has 8 aromatic carbocycles. The average Bonchev–Trinajstić information content (AvgIpc) is 3.32. The van der Waals surface area contributed by atoms with Crippen molar-refractivity contribution in [3.05, 3.63) is 230 Å². The first-order chi connectivity index (χ1) is 31.1. The van der Waals surface area contributed by atoms with Crippen molar-refractivity contribution in [3.8, 4) is 22.6 Å². The van der Waals surface area contributed by atoms with E-state index in [4.69, 9.17) is 13.0 Å². The fourth-order valence-electron chi connectivity index (χ4n) is 8.82. The molecule has 4 nitrogen and oxygen atoms in total. The summed E-state index contributed by atoms with van der Waals surface area (Å²) in [5.41, 5.74) is 5.40. The summed E-state index contributed by atoms with van der Waals surface area (Å²) in [6.07, 6.45) is 0. The lowest BCUT2D eigenvalue weighted by molar-refractivity contribution is 0.419. The molecule has 0 unspecified atom stereocenters. The van der Waals surface area contributed by atoms with E-state index < -0.39 is 26.1 Å². The zero-order valence-corrected chi connectivity index (χ0v) is 31.8. The highest BCUT2D eigenvalue weighted by Gasteiger charge is 2.55. The summed E-state index contributed by atoms with van der Waals surface area (Å²) in [6, 6.07) is 72.9. The van der Waals surface area contributed by atoms with Gasteiger partial charge in [0.1, 0.15) is 11.5 Å². The van der Waals surface area contributed by atoms with Crippen molar-refractivity contribution >= 4 is 54.4 Å². The van der Waals surface area contributed by atoms with Gasteiger partial charge < -0.3 is 18.9 Å². The summed E-state index contributed by atoms with van der Waals surface area (Å²) < 4.78 is 67.6. The lowest BCUT2D eigenvalue weighted by atomic mass is 9.37. The van der Waals surface area contributed by atoms with E-state index in [9.17, 15) is 0 Å². The van der Waals surface area contributed by atoms with Crippen molar-refractivity contribution in [3.63, 3.8) is 0 Å². The van der Waals surface area contributed by atoms with E-state index in [0.717, 1.165) is 39.0 Å². The molecular formula is C51H42B3N3O. The zero-order valence-electron chi connectivity index (χ0n) is 37.8. The van der Waals surface area contributed by atoms with Gasteiger partial charge in [0.2, 0.25) is 0 Å². The molecule has 2 aliphatic rings. The van der Waals surface area contributed by atoms with E-state index in [2.05, 4.69) is 148 Å². The Hall–Kier alpha value is -6.85. The van der Waals surface area contributed by atoms with Crippen LogP contribution in [-0.2, 0) is 5.41 Å². The van der Waals surface area contributed by atoms with Gasteiger partial charge in [-0.25, -0.2) is 0 Å². The topological polar surface area (TPSA) is 19.0 Å². The fraction of sp³-hybridized carbons (Fsp3) is 0.0588. The van der Waals surface area contributed by atoms with Crippen LogP contribution in [0, 0.1) is 0 Å². The van der Waals surface area contributed by atoms with Crippen molar-refractivity contribution in [2.45, 2.75) is 19.1 Å². The normalized spacial score (nSPS) is 16.4. The number of hydrogen-bond acceptors (Lipinski definition) is 4. The Morgan fingerprint density at radius 2 is 0.828 bits per heavy atom. The predicted molar refractivity (Wildman–Crippen MR) is 246 cm³/mol. The molecular weight excluding hydrogens is 703 g/mol. The summed E-state index contributed by atoms with van der Waals surface area (Å²) in [5, 5.41) is 0. The molecule has 0 aliphatic carbocycles.